The molecule has 1 aromatic heterocycles. The van der Waals surface area contributed by atoms with E-state index in [-0.39, 0.29) is 29.6 Å². The topological polar surface area (TPSA) is 90.8 Å². The number of benzene rings is 2. The lowest BCUT2D eigenvalue weighted by atomic mass is 10.1. The maximum Gasteiger partial charge on any atom is 0.270 e. The minimum Gasteiger partial charge on any atom is -0.497 e. The third-order valence-corrected chi connectivity index (χ3v) is 4.09. The molecule has 0 unspecified atom stereocenters. The van der Waals surface area contributed by atoms with Crippen molar-refractivity contribution in [3.8, 4) is 23.1 Å². The van der Waals surface area contributed by atoms with Gasteiger partial charge in [-0.3, -0.25) is 9.78 Å². The molecule has 2 N–H and O–H groups in total. The Balaban J connectivity index is 1.92. The van der Waals surface area contributed by atoms with Crippen LogP contribution in [0.1, 0.15) is 16.7 Å². The quantitative estimate of drug-likeness (QED) is 0.724. The average molecular weight is 364 g/mol. The fourth-order valence-electron chi connectivity index (χ4n) is 2.55. The summed E-state index contributed by atoms with van der Waals surface area (Å²) in [4.78, 5) is 19.2. The molecule has 7 heteroatoms. The van der Waals surface area contributed by atoms with E-state index in [0.29, 0.717) is 22.4 Å². The Hall–Kier alpha value is -3.66. The molecule has 0 bridgehead atoms. The molecular weight excluding hydrogens is 347 g/mol. The Morgan fingerprint density at radius 2 is 2.00 bits per heavy atom. The van der Waals surface area contributed by atoms with Crippen molar-refractivity contribution >= 4 is 5.95 Å². The molecule has 0 saturated carbocycles. The van der Waals surface area contributed by atoms with E-state index in [1.807, 2.05) is 6.07 Å². The summed E-state index contributed by atoms with van der Waals surface area (Å²) in [6.45, 7) is 1.96. The number of ether oxygens (including phenoxy) is 1. The van der Waals surface area contributed by atoms with Crippen LogP contribution in [-0.2, 0) is 6.54 Å². The first-order valence-corrected chi connectivity index (χ1v) is 8.19. The van der Waals surface area contributed by atoms with Gasteiger partial charge in [-0.05, 0) is 48.4 Å². The number of nitriles is 1. The van der Waals surface area contributed by atoms with Crippen LogP contribution < -0.4 is 15.6 Å². The summed E-state index contributed by atoms with van der Waals surface area (Å²) in [5.74, 6) is 0.558. The zero-order chi connectivity index (χ0) is 19.4. The number of hydrogen-bond acceptors (Lipinski definition) is 5. The standard InChI is InChI=1S/C20H17FN4O2/c1-12-3-4-13(9-17(12)21)11-23-20-24-18(16(10-22)19(26)25-20)14-5-7-15(27-2)8-6-14/h3-9H,11H2,1-2H3,(H2,23,24,25,26). The Morgan fingerprint density at radius 3 is 2.63 bits per heavy atom. The molecule has 0 aliphatic carbocycles. The predicted octanol–water partition coefficient (Wildman–Crippen LogP) is 3.38. The van der Waals surface area contributed by atoms with Crippen LogP contribution in [-0.4, -0.2) is 17.1 Å². The summed E-state index contributed by atoms with van der Waals surface area (Å²) >= 11 is 0. The van der Waals surface area contributed by atoms with Crippen LogP contribution in [0.3, 0.4) is 0 Å². The van der Waals surface area contributed by atoms with Crippen molar-refractivity contribution in [2.45, 2.75) is 13.5 Å². The molecule has 0 spiro atoms. The van der Waals surface area contributed by atoms with Crippen LogP contribution in [0, 0.1) is 24.1 Å². The molecule has 27 heavy (non-hydrogen) atoms. The number of nitrogens with one attached hydrogen (secondary N) is 2. The zero-order valence-corrected chi connectivity index (χ0v) is 14.8. The minimum atomic E-state index is -0.545. The summed E-state index contributed by atoms with van der Waals surface area (Å²) in [5.41, 5.74) is 1.52. The number of aryl methyl sites for hydroxylation is 1. The third kappa shape index (κ3) is 3.96. The second-order valence-electron chi connectivity index (χ2n) is 5.92. The SMILES string of the molecule is COc1ccc(-c2nc(NCc3ccc(C)c(F)c3)[nH]c(=O)c2C#N)cc1. The minimum absolute atomic E-state index is 0.0768. The first-order valence-electron chi connectivity index (χ1n) is 8.19. The summed E-state index contributed by atoms with van der Waals surface area (Å²) in [6.07, 6.45) is 0. The van der Waals surface area contributed by atoms with Gasteiger partial charge in [0.05, 0.1) is 12.8 Å². The molecule has 0 radical (unpaired) electrons. The molecule has 6 nitrogen and oxygen atoms in total. The molecule has 1 heterocycles. The Morgan fingerprint density at radius 1 is 1.26 bits per heavy atom. The fraction of sp³-hybridized carbons (Fsp3) is 0.150. The Kier molecular flexibility index (Phi) is 5.18. The maximum absolute atomic E-state index is 13.7. The van der Waals surface area contributed by atoms with E-state index in [2.05, 4.69) is 15.3 Å². The lowest BCUT2D eigenvalue weighted by molar-refractivity contribution is 0.415. The fourth-order valence-corrected chi connectivity index (χ4v) is 2.55. The van der Waals surface area contributed by atoms with E-state index in [1.54, 1.807) is 50.4 Å². The van der Waals surface area contributed by atoms with E-state index in [4.69, 9.17) is 4.74 Å². The van der Waals surface area contributed by atoms with E-state index in [1.165, 1.54) is 6.07 Å². The number of halogens is 1. The number of aromatic nitrogens is 2. The van der Waals surface area contributed by atoms with Crippen molar-refractivity contribution in [2.75, 3.05) is 12.4 Å². The lowest BCUT2D eigenvalue weighted by Crippen LogP contribution is -2.17. The van der Waals surface area contributed by atoms with E-state index in [0.717, 1.165) is 0 Å². The van der Waals surface area contributed by atoms with Gasteiger partial charge in [-0.25, -0.2) is 9.37 Å². The Labute approximate surface area is 155 Å². The van der Waals surface area contributed by atoms with Gasteiger partial charge in [0, 0.05) is 12.1 Å². The lowest BCUT2D eigenvalue weighted by Gasteiger charge is -2.10. The van der Waals surface area contributed by atoms with Crippen LogP contribution in [0.5, 0.6) is 5.75 Å². The summed E-state index contributed by atoms with van der Waals surface area (Å²) in [6, 6.07) is 13.7. The first-order chi connectivity index (χ1) is 13.0. The van der Waals surface area contributed by atoms with Crippen molar-refractivity contribution in [3.63, 3.8) is 0 Å². The molecule has 136 valence electrons. The molecule has 0 saturated heterocycles. The molecule has 0 aliphatic heterocycles. The second-order valence-corrected chi connectivity index (χ2v) is 5.92. The molecule has 0 atom stereocenters. The predicted molar refractivity (Wildman–Crippen MR) is 100 cm³/mol. The summed E-state index contributed by atoms with van der Waals surface area (Å²) in [7, 11) is 1.55. The largest absolute Gasteiger partial charge is 0.497 e. The molecule has 2 aromatic carbocycles. The number of rotatable bonds is 5. The van der Waals surface area contributed by atoms with Crippen molar-refractivity contribution in [3.05, 3.63) is 75.3 Å². The molecule has 0 aliphatic rings. The zero-order valence-electron chi connectivity index (χ0n) is 14.8. The van der Waals surface area contributed by atoms with Gasteiger partial charge in [0.15, 0.2) is 0 Å². The summed E-state index contributed by atoms with van der Waals surface area (Å²) in [5, 5.41) is 12.3. The molecule has 0 amide bonds. The number of anilines is 1. The maximum atomic E-state index is 13.7. The average Bonchev–Trinajstić information content (AvgIpc) is 2.68. The number of nitrogens with zero attached hydrogens (tertiary/aromatic N) is 2. The highest BCUT2D eigenvalue weighted by molar-refractivity contribution is 5.67. The first kappa shape index (κ1) is 18.1. The van der Waals surface area contributed by atoms with E-state index < -0.39 is 5.56 Å². The molecule has 3 rings (SSSR count). The van der Waals surface area contributed by atoms with Crippen LogP contribution in [0.15, 0.2) is 47.3 Å². The monoisotopic (exact) mass is 364 g/mol. The number of hydrogen-bond donors (Lipinski definition) is 2. The van der Waals surface area contributed by atoms with Gasteiger partial charge in [0.2, 0.25) is 5.95 Å². The van der Waals surface area contributed by atoms with E-state index >= 15 is 0 Å². The number of aromatic amines is 1. The summed E-state index contributed by atoms with van der Waals surface area (Å²) < 4.78 is 18.8. The number of methoxy groups -OCH3 is 1. The van der Waals surface area contributed by atoms with Crippen molar-refractivity contribution in [2.24, 2.45) is 0 Å². The second kappa shape index (κ2) is 7.70. The van der Waals surface area contributed by atoms with Gasteiger partial charge in [0.25, 0.3) is 5.56 Å². The smallest absolute Gasteiger partial charge is 0.270 e. The Bertz CT molecular complexity index is 1070. The van der Waals surface area contributed by atoms with Crippen molar-refractivity contribution in [1.82, 2.24) is 9.97 Å². The van der Waals surface area contributed by atoms with Gasteiger partial charge in [-0.2, -0.15) is 5.26 Å². The van der Waals surface area contributed by atoms with E-state index in [9.17, 15) is 14.4 Å². The molecular formula is C20H17FN4O2. The van der Waals surface area contributed by atoms with Gasteiger partial charge >= 0.3 is 0 Å². The third-order valence-electron chi connectivity index (χ3n) is 4.09. The van der Waals surface area contributed by atoms with Crippen LogP contribution >= 0.6 is 0 Å². The molecule has 0 fully saturated rings. The van der Waals surface area contributed by atoms with Gasteiger partial charge in [0.1, 0.15) is 23.2 Å². The highest BCUT2D eigenvalue weighted by Crippen LogP contribution is 2.23. The highest BCUT2D eigenvalue weighted by atomic mass is 19.1. The molecule has 3 aromatic rings. The van der Waals surface area contributed by atoms with Crippen LogP contribution in [0.25, 0.3) is 11.3 Å². The van der Waals surface area contributed by atoms with Crippen LogP contribution in [0.4, 0.5) is 10.3 Å². The highest BCUT2D eigenvalue weighted by Gasteiger charge is 2.13. The van der Waals surface area contributed by atoms with Crippen LogP contribution in [0.2, 0.25) is 0 Å². The van der Waals surface area contributed by atoms with Gasteiger partial charge in [-0.1, -0.05) is 12.1 Å². The van der Waals surface area contributed by atoms with Crippen molar-refractivity contribution in [1.29, 1.82) is 5.26 Å². The van der Waals surface area contributed by atoms with Gasteiger partial charge < -0.3 is 10.1 Å². The van der Waals surface area contributed by atoms with Gasteiger partial charge in [-0.15, -0.1) is 0 Å². The normalized spacial score (nSPS) is 10.3. The number of H-pyrrole nitrogens is 1. The van der Waals surface area contributed by atoms with Crippen molar-refractivity contribution < 1.29 is 9.13 Å².